The molecule has 0 bridgehead atoms. The number of anilines is 1. The molecule has 0 saturated heterocycles. The van der Waals surface area contributed by atoms with E-state index >= 15 is 0 Å². The number of ether oxygens (including phenoxy) is 2. The molecule has 27 heavy (non-hydrogen) atoms. The molecular formula is C20H23ClN2O4. The molecule has 0 atom stereocenters. The average molecular weight is 391 g/mol. The summed E-state index contributed by atoms with van der Waals surface area (Å²) >= 11 is 6.02. The first-order chi connectivity index (χ1) is 12.9. The molecule has 0 aromatic heterocycles. The third-order valence-electron chi connectivity index (χ3n) is 3.90. The number of aryl methyl sites for hydroxylation is 1. The van der Waals surface area contributed by atoms with Crippen LogP contribution in [-0.2, 0) is 9.59 Å². The lowest BCUT2D eigenvalue weighted by Gasteiger charge is -2.23. The molecule has 7 heteroatoms. The van der Waals surface area contributed by atoms with Gasteiger partial charge in [-0.15, -0.1) is 0 Å². The number of hydrogen-bond acceptors (Lipinski definition) is 4. The molecule has 2 amide bonds. The van der Waals surface area contributed by atoms with E-state index < -0.39 is 0 Å². The van der Waals surface area contributed by atoms with E-state index in [-0.39, 0.29) is 18.4 Å². The fourth-order valence-corrected chi connectivity index (χ4v) is 2.64. The van der Waals surface area contributed by atoms with Gasteiger partial charge in [-0.2, -0.15) is 0 Å². The summed E-state index contributed by atoms with van der Waals surface area (Å²) in [4.78, 5) is 25.6. The summed E-state index contributed by atoms with van der Waals surface area (Å²) in [5.41, 5.74) is 1.49. The third-order valence-corrected chi connectivity index (χ3v) is 4.13. The number of amides is 2. The zero-order valence-corrected chi connectivity index (χ0v) is 16.4. The number of halogens is 1. The van der Waals surface area contributed by atoms with Gasteiger partial charge in [0.05, 0.1) is 13.7 Å². The van der Waals surface area contributed by atoms with Crippen LogP contribution in [0.3, 0.4) is 0 Å². The highest BCUT2D eigenvalue weighted by atomic mass is 35.5. The van der Waals surface area contributed by atoms with Gasteiger partial charge in [0.25, 0.3) is 0 Å². The van der Waals surface area contributed by atoms with Gasteiger partial charge in [0.2, 0.25) is 11.8 Å². The predicted octanol–water partition coefficient (Wildman–Crippen LogP) is 3.21. The van der Waals surface area contributed by atoms with Gasteiger partial charge in [0.15, 0.2) is 0 Å². The minimum absolute atomic E-state index is 0.0843. The monoisotopic (exact) mass is 390 g/mol. The number of methoxy groups -OCH3 is 1. The lowest BCUT2D eigenvalue weighted by Crippen LogP contribution is -2.41. The molecule has 2 aromatic rings. The van der Waals surface area contributed by atoms with Crippen molar-refractivity contribution in [3.8, 4) is 11.5 Å². The first-order valence-electron chi connectivity index (χ1n) is 8.48. The summed E-state index contributed by atoms with van der Waals surface area (Å²) in [5, 5.41) is 3.26. The van der Waals surface area contributed by atoms with Crippen LogP contribution in [0.4, 0.5) is 5.69 Å². The maximum Gasteiger partial charge on any atom is 0.240 e. The molecule has 0 radical (unpaired) electrons. The number of rotatable bonds is 8. The maximum atomic E-state index is 12.2. The van der Waals surface area contributed by atoms with Gasteiger partial charge >= 0.3 is 0 Å². The van der Waals surface area contributed by atoms with E-state index in [2.05, 4.69) is 5.32 Å². The normalized spacial score (nSPS) is 10.2. The van der Waals surface area contributed by atoms with Gasteiger partial charge in [0, 0.05) is 17.6 Å². The Balaban J connectivity index is 1.85. The van der Waals surface area contributed by atoms with E-state index in [1.54, 1.807) is 43.5 Å². The van der Waals surface area contributed by atoms with Crippen molar-refractivity contribution in [2.45, 2.75) is 13.8 Å². The second kappa shape index (κ2) is 9.83. The van der Waals surface area contributed by atoms with Crippen molar-refractivity contribution in [3.05, 3.63) is 53.1 Å². The van der Waals surface area contributed by atoms with E-state index in [1.807, 2.05) is 13.0 Å². The molecule has 0 spiro atoms. The second-order valence-electron chi connectivity index (χ2n) is 5.91. The van der Waals surface area contributed by atoms with Crippen molar-refractivity contribution >= 4 is 29.1 Å². The first kappa shape index (κ1) is 20.6. The molecule has 0 fully saturated rings. The van der Waals surface area contributed by atoms with Crippen LogP contribution < -0.4 is 19.7 Å². The minimum atomic E-state index is -0.275. The number of nitrogens with zero attached hydrogens (tertiary/aromatic N) is 1. The van der Waals surface area contributed by atoms with Gasteiger partial charge < -0.3 is 19.7 Å². The van der Waals surface area contributed by atoms with Crippen molar-refractivity contribution in [3.63, 3.8) is 0 Å². The summed E-state index contributed by atoms with van der Waals surface area (Å²) in [6, 6.07) is 12.4. The highest BCUT2D eigenvalue weighted by molar-refractivity contribution is 6.31. The standard InChI is InChI=1S/C20H23ClN2O4/c1-14-4-5-16(21)12-19(14)23(15(2)24)13-20(25)22-10-11-27-18-8-6-17(26-3)7-9-18/h4-9,12H,10-11,13H2,1-3H3,(H,22,25). The van der Waals surface area contributed by atoms with Crippen LogP contribution in [0.1, 0.15) is 12.5 Å². The third kappa shape index (κ3) is 6.18. The number of hydrogen-bond donors (Lipinski definition) is 1. The van der Waals surface area contributed by atoms with Crippen molar-refractivity contribution in [2.24, 2.45) is 0 Å². The zero-order chi connectivity index (χ0) is 19.8. The fraction of sp³-hybridized carbons (Fsp3) is 0.300. The molecule has 0 heterocycles. The van der Waals surface area contributed by atoms with Crippen LogP contribution in [0.15, 0.2) is 42.5 Å². The summed E-state index contributed by atoms with van der Waals surface area (Å²) < 4.78 is 10.6. The molecule has 0 unspecified atom stereocenters. The fourth-order valence-electron chi connectivity index (χ4n) is 2.47. The SMILES string of the molecule is COc1ccc(OCCNC(=O)CN(C(C)=O)c2cc(Cl)ccc2C)cc1. The largest absolute Gasteiger partial charge is 0.497 e. The van der Waals surface area contributed by atoms with Crippen molar-refractivity contribution < 1.29 is 19.1 Å². The number of carbonyl (C=O) groups is 2. The van der Waals surface area contributed by atoms with Gasteiger partial charge in [-0.25, -0.2) is 0 Å². The molecule has 0 aliphatic heterocycles. The maximum absolute atomic E-state index is 12.2. The topological polar surface area (TPSA) is 67.9 Å². The van der Waals surface area contributed by atoms with E-state index in [0.717, 1.165) is 11.3 Å². The lowest BCUT2D eigenvalue weighted by atomic mass is 10.1. The van der Waals surface area contributed by atoms with Crippen molar-refractivity contribution in [2.75, 3.05) is 31.7 Å². The molecular weight excluding hydrogens is 368 g/mol. The Labute approximate surface area is 164 Å². The van der Waals surface area contributed by atoms with Crippen LogP contribution in [0.2, 0.25) is 5.02 Å². The summed E-state index contributed by atoms with van der Waals surface area (Å²) in [6.07, 6.45) is 0. The molecule has 144 valence electrons. The summed E-state index contributed by atoms with van der Waals surface area (Å²) in [7, 11) is 1.60. The lowest BCUT2D eigenvalue weighted by molar-refractivity contribution is -0.123. The number of benzene rings is 2. The van der Waals surface area contributed by atoms with Gasteiger partial charge in [0.1, 0.15) is 24.7 Å². The van der Waals surface area contributed by atoms with E-state index in [9.17, 15) is 9.59 Å². The molecule has 2 rings (SSSR count). The Morgan fingerprint density at radius 1 is 1.11 bits per heavy atom. The van der Waals surface area contributed by atoms with Gasteiger partial charge in [-0.3, -0.25) is 9.59 Å². The predicted molar refractivity (Wildman–Crippen MR) is 106 cm³/mol. The van der Waals surface area contributed by atoms with Crippen LogP contribution in [0.5, 0.6) is 11.5 Å². The van der Waals surface area contributed by atoms with Gasteiger partial charge in [-0.05, 0) is 48.9 Å². The Morgan fingerprint density at radius 2 is 1.78 bits per heavy atom. The summed E-state index contributed by atoms with van der Waals surface area (Å²) in [5.74, 6) is 0.925. The molecule has 0 aliphatic rings. The van der Waals surface area contributed by atoms with Crippen LogP contribution in [0, 0.1) is 6.92 Å². The molecule has 1 N–H and O–H groups in total. The number of nitrogens with one attached hydrogen (secondary N) is 1. The first-order valence-corrected chi connectivity index (χ1v) is 8.86. The quantitative estimate of drug-likeness (QED) is 0.703. The Kier molecular flexibility index (Phi) is 7.49. The molecule has 6 nitrogen and oxygen atoms in total. The molecule has 2 aromatic carbocycles. The van der Waals surface area contributed by atoms with Crippen LogP contribution >= 0.6 is 11.6 Å². The Hall–Kier alpha value is -2.73. The van der Waals surface area contributed by atoms with Crippen molar-refractivity contribution in [1.29, 1.82) is 0 Å². The van der Waals surface area contributed by atoms with E-state index in [1.165, 1.54) is 11.8 Å². The average Bonchev–Trinajstić information content (AvgIpc) is 2.65. The smallest absolute Gasteiger partial charge is 0.240 e. The Morgan fingerprint density at radius 3 is 2.41 bits per heavy atom. The zero-order valence-electron chi connectivity index (χ0n) is 15.6. The van der Waals surface area contributed by atoms with Crippen LogP contribution in [-0.4, -0.2) is 38.6 Å². The van der Waals surface area contributed by atoms with E-state index in [0.29, 0.717) is 29.6 Å². The molecule has 0 aliphatic carbocycles. The van der Waals surface area contributed by atoms with Gasteiger partial charge in [-0.1, -0.05) is 17.7 Å². The minimum Gasteiger partial charge on any atom is -0.497 e. The molecule has 0 saturated carbocycles. The Bertz CT molecular complexity index is 793. The van der Waals surface area contributed by atoms with Crippen LogP contribution in [0.25, 0.3) is 0 Å². The highest BCUT2D eigenvalue weighted by Crippen LogP contribution is 2.24. The van der Waals surface area contributed by atoms with E-state index in [4.69, 9.17) is 21.1 Å². The second-order valence-corrected chi connectivity index (χ2v) is 6.35. The number of carbonyl (C=O) groups excluding carboxylic acids is 2. The summed E-state index contributed by atoms with van der Waals surface area (Å²) in [6.45, 7) is 3.83. The van der Waals surface area contributed by atoms with Crippen molar-refractivity contribution in [1.82, 2.24) is 5.32 Å². The highest BCUT2D eigenvalue weighted by Gasteiger charge is 2.17.